The molecule has 0 spiro atoms. The molecule has 0 aromatic heterocycles. The van der Waals surface area contributed by atoms with Gasteiger partial charge in [0.05, 0.1) is 21.7 Å². The second-order valence-corrected chi connectivity index (χ2v) is 14.0. The summed E-state index contributed by atoms with van der Waals surface area (Å²) in [6.45, 7) is 12.6. The maximum Gasteiger partial charge on any atom is 0.407 e. The van der Waals surface area contributed by atoms with Crippen molar-refractivity contribution in [3.63, 3.8) is 0 Å². The van der Waals surface area contributed by atoms with Crippen molar-refractivity contribution in [3.8, 4) is 0 Å². The van der Waals surface area contributed by atoms with E-state index in [-0.39, 0.29) is 102 Å². The number of carbonyl (C=O) groups excluding carboxylic acids is 3. The van der Waals surface area contributed by atoms with E-state index in [1.165, 1.54) is 48.5 Å². The van der Waals surface area contributed by atoms with Gasteiger partial charge in [-0.3, -0.25) is 20.2 Å². The van der Waals surface area contributed by atoms with Crippen LogP contribution in [0.4, 0.5) is 16.2 Å². The molecule has 0 aliphatic rings. The summed E-state index contributed by atoms with van der Waals surface area (Å²) in [5, 5.41) is 75.2. The number of hydrogen-bond donors (Lipinski definition) is 6. The van der Waals surface area contributed by atoms with E-state index in [0.29, 0.717) is 36.1 Å². The van der Waals surface area contributed by atoms with Gasteiger partial charge in [0.2, 0.25) is 0 Å². The molecular formula is C37H60N8O20Y2-2. The molecule has 67 heavy (non-hydrogen) atoms. The van der Waals surface area contributed by atoms with E-state index in [1.54, 1.807) is 0 Å². The number of non-ortho nitro benzene ring substituents is 2. The van der Waals surface area contributed by atoms with E-state index >= 15 is 0 Å². The number of unbranched alkanes of at least 4 members (excludes halogenated alkanes) is 2. The number of rotatable bonds is 18. The van der Waals surface area contributed by atoms with Gasteiger partial charge >= 0.3 is 6.09 Å². The largest absolute Gasteiger partial charge is 0.667 e. The number of amides is 3. The van der Waals surface area contributed by atoms with Gasteiger partial charge < -0.3 is 57.1 Å². The number of nitro benzene ring substituents is 2. The summed E-state index contributed by atoms with van der Waals surface area (Å²) in [5.74, 6) is -0.620. The molecule has 3 amide bonds. The van der Waals surface area contributed by atoms with Gasteiger partial charge in [-0.05, 0) is 82.8 Å². The Morgan fingerprint density at radius 2 is 0.970 bits per heavy atom. The summed E-state index contributed by atoms with van der Waals surface area (Å²) in [5.41, 5.74) is 14.9. The predicted molar refractivity (Wildman–Crippen MR) is 236 cm³/mol. The molecule has 8 N–H and O–H groups in total. The van der Waals surface area contributed by atoms with Crippen molar-refractivity contribution >= 4 is 35.0 Å². The van der Waals surface area contributed by atoms with Crippen LogP contribution in [0.1, 0.15) is 97.6 Å². The van der Waals surface area contributed by atoms with Crippen LogP contribution in [0, 0.1) is 77.6 Å². The molecule has 2 atom stereocenters. The standard InChI is InChI=1S/C12H25NO3.C9H19NO.2C8H8N2O3.2HNO3.2O2.2Y/c1-10(9-14)7-5-6-8-13-11(15)16-12(2,3)4;1-8(7-11)5-3-4-6-9(2)10;2*9-8(11)5-6-1-3-7(4-2-6)10(12)13;2*2-1(3)4;2*1-2;;/h10,14H,5-9H2,1-4H3,(H,13,15);8,10-11H,3-7H2,1-2H3;2*1-4H,5H2,(H2,9,11);2*(H,2,3,4);;;;/p-2. The zero-order valence-electron chi connectivity index (χ0n) is 38.0. The molecule has 28 nitrogen and oxygen atoms in total. The van der Waals surface area contributed by atoms with Gasteiger partial charge in [0.15, 0.2) is 0 Å². The third-order valence-electron chi connectivity index (χ3n) is 6.94. The van der Waals surface area contributed by atoms with Crippen molar-refractivity contribution in [1.82, 2.24) is 5.32 Å². The topological polar surface area (TPSA) is 466 Å². The van der Waals surface area contributed by atoms with E-state index in [1.807, 2.05) is 34.6 Å². The molecule has 2 radical (unpaired) electrons. The predicted octanol–water partition coefficient (Wildman–Crippen LogP) is 7.39. The fourth-order valence-electron chi connectivity index (χ4n) is 4.03. The second kappa shape index (κ2) is 51.8. The average Bonchev–Trinajstić information content (AvgIpc) is 3.20. The molecule has 376 valence electrons. The molecule has 2 unspecified atom stereocenters. The number of nitrogens with one attached hydrogen (secondary N) is 4. The molecular weight excluding hydrogens is 1050 g/mol. The van der Waals surface area contributed by atoms with Gasteiger partial charge in [0.1, 0.15) is 5.60 Å². The molecule has 0 saturated heterocycles. The molecule has 0 aliphatic carbocycles. The van der Waals surface area contributed by atoms with Crippen molar-refractivity contribution in [2.24, 2.45) is 11.8 Å². The molecule has 2 aromatic rings. The number of alkyl carbamates (subject to hydrolysis) is 1. The van der Waals surface area contributed by atoms with Crippen molar-refractivity contribution in [1.29, 1.82) is 5.41 Å². The van der Waals surface area contributed by atoms with Crippen LogP contribution in [0.2, 0.25) is 0 Å². The Kier molecular flexibility index (Phi) is 61.1. The number of nitro groups is 2. The smallest absolute Gasteiger partial charge is 0.407 e. The third kappa shape index (κ3) is 70.0. The minimum absolute atomic E-state index is 0. The molecule has 2 aromatic carbocycles. The zero-order chi connectivity index (χ0) is 52.1. The quantitative estimate of drug-likeness (QED) is 0.0366. The number of aliphatic hydroxyl groups excluding tert-OH is 2. The fraction of sp³-hybridized carbons (Fsp3) is 0.568. The number of hydrogen-bond acceptors (Lipinski definition) is 19. The van der Waals surface area contributed by atoms with E-state index in [2.05, 4.69) is 12.2 Å². The summed E-state index contributed by atoms with van der Waals surface area (Å²) in [6.07, 6.45) is 6.80. The Balaban J connectivity index is -0.000000106. The number of nitrogens with zero attached hydrogens (tertiary/aromatic N) is 4. The summed E-state index contributed by atoms with van der Waals surface area (Å²) in [4.78, 5) is 96.1. The second-order valence-electron chi connectivity index (χ2n) is 14.0. The molecule has 2 rings (SSSR count). The molecule has 0 aliphatic heterocycles. The van der Waals surface area contributed by atoms with Crippen LogP contribution >= 0.6 is 0 Å². The van der Waals surface area contributed by atoms with Crippen LogP contribution in [-0.2, 0) is 92.6 Å². The molecule has 30 heteroatoms. The number of benzene rings is 2. The van der Waals surface area contributed by atoms with Crippen LogP contribution < -0.4 is 5.32 Å². The first-order valence-electron chi connectivity index (χ1n) is 18.8. The Labute approximate surface area is 435 Å². The summed E-state index contributed by atoms with van der Waals surface area (Å²) < 4.78 is 5.10. The first-order valence-corrected chi connectivity index (χ1v) is 18.8. The van der Waals surface area contributed by atoms with Crippen molar-refractivity contribution in [2.75, 3.05) is 19.8 Å². The van der Waals surface area contributed by atoms with Crippen molar-refractivity contribution in [2.45, 2.75) is 105 Å². The average molecular weight is 1110 g/mol. The van der Waals surface area contributed by atoms with Gasteiger partial charge in [0, 0.05) is 148 Å². The first-order chi connectivity index (χ1) is 30.2. The Bertz CT molecular complexity index is 1550. The third-order valence-corrected chi connectivity index (χ3v) is 6.94. The fourth-order valence-corrected chi connectivity index (χ4v) is 4.03. The van der Waals surface area contributed by atoms with E-state index in [0.717, 1.165) is 50.7 Å². The molecule has 0 bridgehead atoms. The van der Waals surface area contributed by atoms with Gasteiger partial charge in [-0.2, -0.15) is 0 Å². The normalized spacial score (nSPS) is 9.85. The van der Waals surface area contributed by atoms with E-state index < -0.39 is 37.4 Å². The Morgan fingerprint density at radius 3 is 1.21 bits per heavy atom. The van der Waals surface area contributed by atoms with Crippen LogP contribution in [0.3, 0.4) is 0 Å². The van der Waals surface area contributed by atoms with E-state index in [4.69, 9.17) is 82.3 Å². The van der Waals surface area contributed by atoms with Gasteiger partial charge in [-0.1, -0.05) is 51.0 Å². The van der Waals surface area contributed by atoms with Gasteiger partial charge in [0.25, 0.3) is 21.5 Å². The number of aliphatic hydroxyl groups is 2. The van der Waals surface area contributed by atoms with Gasteiger partial charge in [-0.15, -0.1) is 20.2 Å². The molecule has 0 saturated carbocycles. The SMILES string of the molecule is CC(=N)CCCCC(C)CO.CC(CO)CCCCNC(=O)OC(C)(C)C.O=O.O=O.O=[N+]([O-])O.O=[N+]([O-])O.[NH-]C(=O)Cc1ccc([N+](=O)[O-])cc1.[NH-]C(=O)Cc1ccc([N+](=O)[O-])cc1.[Y].[Y]. The molecule has 0 fully saturated rings. The maximum absolute atomic E-state index is 11.2. The number of ether oxygens (including phenoxy) is 1. The van der Waals surface area contributed by atoms with Crippen LogP contribution in [-0.4, -0.2) is 89.6 Å². The monoisotopic (exact) mass is 1110 g/mol. The van der Waals surface area contributed by atoms with Crippen LogP contribution in [0.5, 0.6) is 0 Å². The van der Waals surface area contributed by atoms with Crippen LogP contribution in [0.25, 0.3) is 11.5 Å². The summed E-state index contributed by atoms with van der Waals surface area (Å²) in [6, 6.07) is 11.2. The summed E-state index contributed by atoms with van der Waals surface area (Å²) in [7, 11) is 0. The summed E-state index contributed by atoms with van der Waals surface area (Å²) >= 11 is 0. The Hall–Kier alpha value is -5.15. The Morgan fingerprint density at radius 1 is 0.672 bits per heavy atom. The number of carbonyl (C=O) groups is 3. The van der Waals surface area contributed by atoms with E-state index in [9.17, 15) is 34.6 Å². The molecule has 0 heterocycles. The maximum atomic E-state index is 11.2. The van der Waals surface area contributed by atoms with Crippen molar-refractivity contribution in [3.05, 3.63) is 131 Å². The zero-order valence-corrected chi connectivity index (χ0v) is 43.7. The van der Waals surface area contributed by atoms with Crippen molar-refractivity contribution < 1.29 is 125 Å². The van der Waals surface area contributed by atoms with Crippen LogP contribution in [0.15, 0.2) is 48.5 Å². The first kappa shape index (κ1) is 79.0. The minimum atomic E-state index is -1.50. The van der Waals surface area contributed by atoms with Gasteiger partial charge in [-0.25, -0.2) is 4.79 Å². The minimum Gasteiger partial charge on any atom is -0.667 e.